The van der Waals surface area contributed by atoms with E-state index in [-0.39, 0.29) is 36.5 Å². The summed E-state index contributed by atoms with van der Waals surface area (Å²) in [5.74, 6) is 2.76. The summed E-state index contributed by atoms with van der Waals surface area (Å²) in [5, 5.41) is 0. The average molecular weight is 280 g/mol. The highest BCUT2D eigenvalue weighted by Gasteiger charge is 2.90. The van der Waals surface area contributed by atoms with E-state index >= 15 is 0 Å². The van der Waals surface area contributed by atoms with E-state index in [1.807, 2.05) is 6.92 Å². The van der Waals surface area contributed by atoms with Gasteiger partial charge in [0.25, 0.3) is 0 Å². The third-order valence-corrected chi connectivity index (χ3v) is 5.93. The summed E-state index contributed by atoms with van der Waals surface area (Å²) in [6.07, 6.45) is 2.97. The Morgan fingerprint density at radius 1 is 1.20 bits per heavy atom. The van der Waals surface area contributed by atoms with Crippen molar-refractivity contribution in [2.45, 2.75) is 40.0 Å². The summed E-state index contributed by atoms with van der Waals surface area (Å²) >= 11 is 0. The molecule has 0 N–H and O–H groups in total. The van der Waals surface area contributed by atoms with Crippen LogP contribution >= 0.6 is 0 Å². The smallest absolute Gasteiger partial charge is 0.309 e. The van der Waals surface area contributed by atoms with Gasteiger partial charge in [-0.3, -0.25) is 9.59 Å². The van der Waals surface area contributed by atoms with Crippen molar-refractivity contribution < 1.29 is 19.1 Å². The summed E-state index contributed by atoms with van der Waals surface area (Å²) in [4.78, 5) is 23.1. The van der Waals surface area contributed by atoms with E-state index in [9.17, 15) is 9.59 Å². The maximum atomic E-state index is 12.1. The summed E-state index contributed by atoms with van der Waals surface area (Å²) < 4.78 is 10.2. The second-order valence-corrected chi connectivity index (χ2v) is 6.68. The normalized spacial score (nSPS) is 41.4. The Hall–Kier alpha value is -1.06. The van der Waals surface area contributed by atoms with E-state index in [0.29, 0.717) is 6.42 Å². The Morgan fingerprint density at radius 3 is 2.50 bits per heavy atom. The number of hydrogen-bond donors (Lipinski definition) is 0. The van der Waals surface area contributed by atoms with Gasteiger partial charge in [0.05, 0.1) is 5.92 Å². The van der Waals surface area contributed by atoms with Gasteiger partial charge in [0.15, 0.2) is 0 Å². The molecule has 6 atom stereocenters. The molecule has 3 aliphatic rings. The second kappa shape index (κ2) is 4.74. The Balaban J connectivity index is 1.44. The van der Waals surface area contributed by atoms with Crippen molar-refractivity contribution in [3.8, 4) is 0 Å². The first-order valence-electron chi connectivity index (χ1n) is 7.87. The topological polar surface area (TPSA) is 52.6 Å². The lowest BCUT2D eigenvalue weighted by molar-refractivity contribution is -0.156. The van der Waals surface area contributed by atoms with E-state index in [2.05, 4.69) is 6.92 Å². The molecule has 3 saturated carbocycles. The van der Waals surface area contributed by atoms with Gasteiger partial charge >= 0.3 is 11.9 Å². The third-order valence-electron chi connectivity index (χ3n) is 5.93. The van der Waals surface area contributed by atoms with Crippen LogP contribution in [0.25, 0.3) is 0 Å². The first-order valence-corrected chi connectivity index (χ1v) is 7.87. The summed E-state index contributed by atoms with van der Waals surface area (Å²) in [6.45, 7) is 6.43. The lowest BCUT2D eigenvalue weighted by Gasteiger charge is -2.33. The van der Waals surface area contributed by atoms with E-state index < -0.39 is 0 Å². The zero-order chi connectivity index (χ0) is 14.5. The number of esters is 2. The molecule has 0 aromatic carbocycles. The maximum absolute atomic E-state index is 12.1. The largest absolute Gasteiger partial charge is 0.462 e. The minimum absolute atomic E-state index is 0.00660. The molecule has 3 fully saturated rings. The molecule has 0 radical (unpaired) electrons. The zero-order valence-corrected chi connectivity index (χ0v) is 12.6. The van der Waals surface area contributed by atoms with Gasteiger partial charge in [-0.1, -0.05) is 27.2 Å². The molecular formula is C16H24O4. The molecule has 0 aromatic heterocycles. The number of ether oxygens (including phenoxy) is 2. The van der Waals surface area contributed by atoms with Gasteiger partial charge in [-0.25, -0.2) is 0 Å². The molecule has 0 aliphatic heterocycles. The molecule has 0 saturated heterocycles. The Labute approximate surface area is 120 Å². The van der Waals surface area contributed by atoms with Crippen molar-refractivity contribution in [3.63, 3.8) is 0 Å². The highest BCUT2D eigenvalue weighted by atomic mass is 16.6. The van der Waals surface area contributed by atoms with Crippen LogP contribution in [-0.4, -0.2) is 25.2 Å². The van der Waals surface area contributed by atoms with Crippen LogP contribution in [0.15, 0.2) is 0 Å². The first kappa shape index (κ1) is 13.9. The van der Waals surface area contributed by atoms with Crippen LogP contribution < -0.4 is 0 Å². The molecule has 0 bridgehead atoms. The highest BCUT2D eigenvalue weighted by molar-refractivity contribution is 5.75. The molecule has 0 aromatic rings. The van der Waals surface area contributed by atoms with Crippen LogP contribution in [0, 0.1) is 35.0 Å². The molecule has 20 heavy (non-hydrogen) atoms. The van der Waals surface area contributed by atoms with Crippen molar-refractivity contribution in [3.05, 3.63) is 0 Å². The van der Waals surface area contributed by atoms with E-state index in [1.54, 1.807) is 6.92 Å². The highest BCUT2D eigenvalue weighted by Crippen LogP contribution is 2.92. The molecule has 4 heteroatoms. The lowest BCUT2D eigenvalue weighted by atomic mass is 9.72. The molecule has 3 unspecified atom stereocenters. The standard InChI is InChI=1S/C16H24O4/c1-4-12(17)19-7-8-20-15(18)10(3)16-11-6-5-9(2)13(16)14(11)16/h9-11,13-14H,4-8H2,1-3H3/t9?,10?,11?,13-,14-,16-/m1/s1. The van der Waals surface area contributed by atoms with Crippen LogP contribution in [0.5, 0.6) is 0 Å². The predicted molar refractivity (Wildman–Crippen MR) is 72.7 cm³/mol. The number of fused-ring (bicyclic) bond motifs is 2. The fourth-order valence-electron chi connectivity index (χ4n) is 4.92. The van der Waals surface area contributed by atoms with E-state index in [1.165, 1.54) is 12.8 Å². The average Bonchev–Trinajstić information content (AvgIpc) is 3.31. The Kier molecular flexibility index (Phi) is 3.30. The van der Waals surface area contributed by atoms with Crippen LogP contribution in [0.4, 0.5) is 0 Å². The quantitative estimate of drug-likeness (QED) is 0.554. The summed E-state index contributed by atoms with van der Waals surface area (Å²) in [6, 6.07) is 0. The van der Waals surface area contributed by atoms with E-state index in [4.69, 9.17) is 9.47 Å². The number of carbonyl (C=O) groups excluding carboxylic acids is 2. The van der Waals surface area contributed by atoms with Gasteiger partial charge in [0.2, 0.25) is 0 Å². The number of hydrogen-bond acceptors (Lipinski definition) is 4. The van der Waals surface area contributed by atoms with E-state index in [0.717, 1.165) is 23.7 Å². The van der Waals surface area contributed by atoms with Crippen LogP contribution in [0.2, 0.25) is 0 Å². The third kappa shape index (κ3) is 1.80. The van der Waals surface area contributed by atoms with Crippen LogP contribution in [0.1, 0.15) is 40.0 Å². The van der Waals surface area contributed by atoms with Gasteiger partial charge in [-0.05, 0) is 35.5 Å². The number of carbonyl (C=O) groups is 2. The fourth-order valence-corrected chi connectivity index (χ4v) is 4.92. The fraction of sp³-hybridized carbons (Fsp3) is 0.875. The maximum Gasteiger partial charge on any atom is 0.309 e. The van der Waals surface area contributed by atoms with Crippen molar-refractivity contribution in [1.82, 2.24) is 0 Å². The zero-order valence-electron chi connectivity index (χ0n) is 12.6. The lowest BCUT2D eigenvalue weighted by Crippen LogP contribution is -2.31. The first-order chi connectivity index (χ1) is 9.55. The van der Waals surface area contributed by atoms with Crippen molar-refractivity contribution >= 4 is 11.9 Å². The summed E-state index contributed by atoms with van der Waals surface area (Å²) in [7, 11) is 0. The molecule has 3 aliphatic carbocycles. The van der Waals surface area contributed by atoms with Gasteiger partial charge in [0.1, 0.15) is 13.2 Å². The van der Waals surface area contributed by atoms with Crippen LogP contribution in [0.3, 0.4) is 0 Å². The van der Waals surface area contributed by atoms with Crippen LogP contribution in [-0.2, 0) is 19.1 Å². The minimum atomic E-state index is -0.250. The predicted octanol–water partition coefficient (Wildman–Crippen LogP) is 2.41. The molecule has 0 spiro atoms. The van der Waals surface area contributed by atoms with Crippen molar-refractivity contribution in [2.24, 2.45) is 35.0 Å². The second-order valence-electron chi connectivity index (χ2n) is 6.68. The van der Waals surface area contributed by atoms with Gasteiger partial charge in [0, 0.05) is 6.42 Å². The molecule has 4 nitrogen and oxygen atoms in total. The molecule has 112 valence electrons. The van der Waals surface area contributed by atoms with Gasteiger partial charge < -0.3 is 9.47 Å². The van der Waals surface area contributed by atoms with Gasteiger partial charge in [-0.15, -0.1) is 0 Å². The van der Waals surface area contributed by atoms with Crippen molar-refractivity contribution in [1.29, 1.82) is 0 Å². The van der Waals surface area contributed by atoms with Gasteiger partial charge in [-0.2, -0.15) is 0 Å². The minimum Gasteiger partial charge on any atom is -0.462 e. The van der Waals surface area contributed by atoms with Crippen molar-refractivity contribution in [2.75, 3.05) is 13.2 Å². The summed E-state index contributed by atoms with van der Waals surface area (Å²) in [5.41, 5.74) is 0.287. The molecule has 3 rings (SSSR count). The monoisotopic (exact) mass is 280 g/mol. The molecule has 0 heterocycles. The Morgan fingerprint density at radius 2 is 1.90 bits per heavy atom. The SMILES string of the molecule is CCC(=O)OCCOC(=O)C(C)[C@@]12C3CCC(C)[C@@H]1[C@@H]32. The molecule has 0 amide bonds. The molecular weight excluding hydrogens is 256 g/mol. The Bertz CT molecular complexity index is 432. The number of rotatable bonds is 6.